The molecule has 0 saturated carbocycles. The molecule has 0 atom stereocenters. The van der Waals surface area contributed by atoms with E-state index in [0.717, 1.165) is 31.9 Å². The van der Waals surface area contributed by atoms with Crippen LogP contribution in [0.3, 0.4) is 0 Å². The molecule has 0 fully saturated rings. The summed E-state index contributed by atoms with van der Waals surface area (Å²) in [5.41, 5.74) is 2.85. The Morgan fingerprint density at radius 2 is 2.25 bits per heavy atom. The smallest absolute Gasteiger partial charge is 0.122 e. The summed E-state index contributed by atoms with van der Waals surface area (Å²) in [7, 11) is 0. The lowest BCUT2D eigenvalue weighted by Gasteiger charge is -2.04. The Morgan fingerprint density at radius 3 is 3.12 bits per heavy atom. The zero-order valence-corrected chi connectivity index (χ0v) is 10.1. The monoisotopic (exact) mass is 219 g/mol. The minimum Gasteiger partial charge on any atom is -0.493 e. The molecule has 2 nitrogen and oxygen atoms in total. The van der Waals surface area contributed by atoms with Gasteiger partial charge in [-0.1, -0.05) is 19.1 Å². The van der Waals surface area contributed by atoms with Crippen LogP contribution in [0, 0.1) is 0 Å². The quantitative estimate of drug-likeness (QED) is 0.742. The summed E-state index contributed by atoms with van der Waals surface area (Å²) in [4.78, 5) is 0. The number of benzene rings is 1. The predicted molar refractivity (Wildman–Crippen MR) is 67.1 cm³/mol. The van der Waals surface area contributed by atoms with E-state index < -0.39 is 0 Å². The van der Waals surface area contributed by atoms with Gasteiger partial charge in [0.2, 0.25) is 0 Å². The molecular formula is C14H21NO. The average Bonchev–Trinajstić information content (AvgIpc) is 2.76. The molecule has 0 unspecified atom stereocenters. The van der Waals surface area contributed by atoms with E-state index >= 15 is 0 Å². The van der Waals surface area contributed by atoms with Crippen LogP contribution < -0.4 is 10.1 Å². The van der Waals surface area contributed by atoms with Gasteiger partial charge in [-0.05, 0) is 49.5 Å². The van der Waals surface area contributed by atoms with Crippen molar-refractivity contribution in [3.8, 4) is 5.75 Å². The summed E-state index contributed by atoms with van der Waals surface area (Å²) >= 11 is 0. The highest BCUT2D eigenvalue weighted by molar-refractivity contribution is 5.39. The van der Waals surface area contributed by atoms with E-state index in [9.17, 15) is 0 Å². The van der Waals surface area contributed by atoms with Crippen molar-refractivity contribution in [2.75, 3.05) is 19.7 Å². The molecule has 88 valence electrons. The number of fused-ring (bicyclic) bond motifs is 1. The van der Waals surface area contributed by atoms with Crippen molar-refractivity contribution in [1.29, 1.82) is 0 Å². The summed E-state index contributed by atoms with van der Waals surface area (Å²) in [5, 5.41) is 3.36. The first kappa shape index (κ1) is 11.5. The van der Waals surface area contributed by atoms with Crippen LogP contribution in [0.4, 0.5) is 0 Å². The molecule has 0 aromatic heterocycles. The highest BCUT2D eigenvalue weighted by Crippen LogP contribution is 2.26. The van der Waals surface area contributed by atoms with Gasteiger partial charge < -0.3 is 10.1 Å². The second-order valence-corrected chi connectivity index (χ2v) is 4.35. The Hall–Kier alpha value is -1.02. The first-order chi connectivity index (χ1) is 7.90. The number of rotatable bonds is 6. The lowest BCUT2D eigenvalue weighted by atomic mass is 10.0. The molecule has 0 spiro atoms. The van der Waals surface area contributed by atoms with Crippen LogP contribution in [0.2, 0.25) is 0 Å². The molecule has 0 bridgehead atoms. The van der Waals surface area contributed by atoms with Crippen molar-refractivity contribution in [2.24, 2.45) is 0 Å². The highest BCUT2D eigenvalue weighted by atomic mass is 16.5. The first-order valence-corrected chi connectivity index (χ1v) is 6.35. The minimum atomic E-state index is 0.860. The maximum atomic E-state index is 5.50. The van der Waals surface area contributed by atoms with Gasteiger partial charge in [0, 0.05) is 6.42 Å². The van der Waals surface area contributed by atoms with Gasteiger partial charge in [-0.2, -0.15) is 0 Å². The van der Waals surface area contributed by atoms with Gasteiger partial charge >= 0.3 is 0 Å². The lowest BCUT2D eigenvalue weighted by Crippen LogP contribution is -2.13. The van der Waals surface area contributed by atoms with E-state index in [4.69, 9.17) is 4.74 Å². The molecule has 0 radical (unpaired) electrons. The summed E-state index contributed by atoms with van der Waals surface area (Å²) in [6, 6.07) is 6.65. The van der Waals surface area contributed by atoms with E-state index in [0.29, 0.717) is 0 Å². The largest absolute Gasteiger partial charge is 0.493 e. The third-order valence-electron chi connectivity index (χ3n) is 3.07. The van der Waals surface area contributed by atoms with Crippen LogP contribution in [0.5, 0.6) is 5.75 Å². The Kier molecular flexibility index (Phi) is 4.23. The van der Waals surface area contributed by atoms with Gasteiger partial charge in [-0.3, -0.25) is 0 Å². The topological polar surface area (TPSA) is 21.3 Å². The van der Waals surface area contributed by atoms with Crippen LogP contribution >= 0.6 is 0 Å². The van der Waals surface area contributed by atoms with Crippen molar-refractivity contribution in [1.82, 2.24) is 5.32 Å². The van der Waals surface area contributed by atoms with Crippen molar-refractivity contribution in [2.45, 2.75) is 32.6 Å². The van der Waals surface area contributed by atoms with E-state index in [1.54, 1.807) is 0 Å². The highest BCUT2D eigenvalue weighted by Gasteiger charge is 2.11. The Labute approximate surface area is 98.0 Å². The summed E-state index contributed by atoms with van der Waals surface area (Å²) < 4.78 is 5.50. The maximum absolute atomic E-state index is 5.50. The molecule has 2 heteroatoms. The summed E-state index contributed by atoms with van der Waals surface area (Å²) in [5.74, 6) is 1.09. The van der Waals surface area contributed by atoms with Crippen molar-refractivity contribution >= 4 is 0 Å². The van der Waals surface area contributed by atoms with Gasteiger partial charge in [0.15, 0.2) is 0 Å². The molecule has 1 aromatic carbocycles. The first-order valence-electron chi connectivity index (χ1n) is 6.35. The lowest BCUT2D eigenvalue weighted by molar-refractivity contribution is 0.357. The Morgan fingerprint density at radius 1 is 1.31 bits per heavy atom. The van der Waals surface area contributed by atoms with Gasteiger partial charge in [0.25, 0.3) is 0 Å². The third kappa shape index (κ3) is 2.99. The average molecular weight is 219 g/mol. The molecule has 1 N–H and O–H groups in total. The fourth-order valence-electron chi connectivity index (χ4n) is 2.15. The van der Waals surface area contributed by atoms with Gasteiger partial charge in [0.05, 0.1) is 6.61 Å². The summed E-state index contributed by atoms with van der Waals surface area (Å²) in [6.45, 7) is 5.24. The van der Waals surface area contributed by atoms with Crippen LogP contribution in [0.25, 0.3) is 0 Å². The second kappa shape index (κ2) is 5.90. The minimum absolute atomic E-state index is 0.860. The number of unbranched alkanes of at least 4 members (excludes halogenated alkanes) is 1. The van der Waals surface area contributed by atoms with E-state index in [-0.39, 0.29) is 0 Å². The van der Waals surface area contributed by atoms with E-state index in [1.165, 1.54) is 30.4 Å². The number of aryl methyl sites for hydroxylation is 1. The van der Waals surface area contributed by atoms with Gasteiger partial charge in [-0.25, -0.2) is 0 Å². The molecule has 0 saturated heterocycles. The zero-order valence-electron chi connectivity index (χ0n) is 10.1. The van der Waals surface area contributed by atoms with Gasteiger partial charge in [0.1, 0.15) is 5.75 Å². The van der Waals surface area contributed by atoms with E-state index in [2.05, 4.69) is 30.4 Å². The Bertz CT molecular complexity index is 336. The van der Waals surface area contributed by atoms with Crippen molar-refractivity contribution in [3.63, 3.8) is 0 Å². The number of hydrogen-bond donors (Lipinski definition) is 1. The van der Waals surface area contributed by atoms with Crippen LogP contribution in [-0.4, -0.2) is 19.7 Å². The maximum Gasteiger partial charge on any atom is 0.122 e. The predicted octanol–water partition coefficient (Wildman–Crippen LogP) is 2.55. The summed E-state index contributed by atoms with van der Waals surface area (Å²) in [6.07, 6.45) is 4.81. The number of ether oxygens (including phenoxy) is 1. The molecule has 0 aliphatic carbocycles. The number of nitrogens with one attached hydrogen (secondary N) is 1. The third-order valence-corrected chi connectivity index (χ3v) is 3.07. The van der Waals surface area contributed by atoms with Crippen LogP contribution in [0.15, 0.2) is 18.2 Å². The molecule has 2 rings (SSSR count). The van der Waals surface area contributed by atoms with Crippen molar-refractivity contribution < 1.29 is 4.74 Å². The normalized spacial score (nSPS) is 13.6. The molecule has 1 heterocycles. The zero-order chi connectivity index (χ0) is 11.2. The Balaban J connectivity index is 1.77. The van der Waals surface area contributed by atoms with Crippen LogP contribution in [0.1, 0.15) is 30.9 Å². The fraction of sp³-hybridized carbons (Fsp3) is 0.571. The molecule has 16 heavy (non-hydrogen) atoms. The SMILES string of the molecule is CCNCCCCc1ccc2c(c1)CCO2. The molecule has 0 amide bonds. The van der Waals surface area contributed by atoms with Gasteiger partial charge in [-0.15, -0.1) is 0 Å². The van der Waals surface area contributed by atoms with Crippen molar-refractivity contribution in [3.05, 3.63) is 29.3 Å². The number of hydrogen-bond acceptors (Lipinski definition) is 2. The second-order valence-electron chi connectivity index (χ2n) is 4.35. The van der Waals surface area contributed by atoms with E-state index in [1.807, 2.05) is 0 Å². The standard InChI is InChI=1S/C14H21NO/c1-2-15-9-4-3-5-12-6-7-14-13(11-12)8-10-16-14/h6-7,11,15H,2-5,8-10H2,1H3. The molecular weight excluding hydrogens is 198 g/mol. The molecule has 1 aromatic rings. The van der Waals surface area contributed by atoms with Crippen LogP contribution in [-0.2, 0) is 12.8 Å². The fourth-order valence-corrected chi connectivity index (χ4v) is 2.15. The molecule has 1 aliphatic rings. The molecule has 1 aliphatic heterocycles.